The Labute approximate surface area is 175 Å². The molecule has 2 aliphatic rings. The second kappa shape index (κ2) is 7.91. The summed E-state index contributed by atoms with van der Waals surface area (Å²) in [7, 11) is 0. The van der Waals surface area contributed by atoms with Crippen LogP contribution < -0.4 is 21.6 Å². The molecule has 1 fully saturated rings. The molecule has 2 aliphatic heterocycles. The predicted octanol–water partition coefficient (Wildman–Crippen LogP) is 3.20. The maximum absolute atomic E-state index is 12.6. The Kier molecular flexibility index (Phi) is 4.96. The standard InChI is InChI=1S/C23H26N6O/c1-14-19(13-26-29-14)20-12-17-8-11-25-23(30)21(17)22(28-20)27-18-4-2-15(3-5-18)16-6-9-24-10-7-16/h2-5,8,11-12,16,19,24,26H,6-7,9-10,13H2,1H3,(H,25,30)(H,27,28). The van der Waals surface area contributed by atoms with Gasteiger partial charge in [-0.1, -0.05) is 12.1 Å². The summed E-state index contributed by atoms with van der Waals surface area (Å²) in [5, 5.41) is 12.5. The number of anilines is 2. The van der Waals surface area contributed by atoms with Crippen molar-refractivity contribution in [2.75, 3.05) is 25.0 Å². The first-order valence-corrected chi connectivity index (χ1v) is 10.6. The van der Waals surface area contributed by atoms with E-state index >= 15 is 0 Å². The van der Waals surface area contributed by atoms with Gasteiger partial charge in [0.05, 0.1) is 17.0 Å². The smallest absolute Gasteiger partial charge is 0.259 e. The fraction of sp³-hybridized carbons (Fsp3) is 0.348. The third kappa shape index (κ3) is 3.57. The third-order valence-electron chi connectivity index (χ3n) is 6.17. The second-order valence-corrected chi connectivity index (χ2v) is 8.11. The minimum Gasteiger partial charge on any atom is -0.340 e. The molecule has 1 aromatic carbocycles. The zero-order chi connectivity index (χ0) is 20.5. The lowest BCUT2D eigenvalue weighted by atomic mass is 9.90. The summed E-state index contributed by atoms with van der Waals surface area (Å²) in [6.45, 7) is 4.88. The molecule has 3 aromatic rings. The Morgan fingerprint density at radius 1 is 1.10 bits per heavy atom. The molecule has 2 aromatic heterocycles. The Hall–Kier alpha value is -3.19. The molecule has 7 nitrogen and oxygen atoms in total. The zero-order valence-electron chi connectivity index (χ0n) is 17.0. The third-order valence-corrected chi connectivity index (χ3v) is 6.17. The number of hydrogen-bond acceptors (Lipinski definition) is 6. The van der Waals surface area contributed by atoms with Gasteiger partial charge in [0.25, 0.3) is 5.56 Å². The van der Waals surface area contributed by atoms with Gasteiger partial charge >= 0.3 is 0 Å². The first-order valence-electron chi connectivity index (χ1n) is 10.6. The molecule has 4 N–H and O–H groups in total. The number of aromatic amines is 1. The van der Waals surface area contributed by atoms with Crippen molar-refractivity contribution in [2.24, 2.45) is 5.10 Å². The van der Waals surface area contributed by atoms with E-state index in [1.807, 2.05) is 19.1 Å². The van der Waals surface area contributed by atoms with Gasteiger partial charge in [-0.25, -0.2) is 4.98 Å². The fourth-order valence-corrected chi connectivity index (χ4v) is 4.44. The SMILES string of the molecule is CC1=NNCC1c1cc2cc[nH]c(=O)c2c(Nc2ccc(C3CCNCC3)cc2)n1. The van der Waals surface area contributed by atoms with Crippen molar-refractivity contribution in [2.45, 2.75) is 31.6 Å². The molecule has 7 heteroatoms. The van der Waals surface area contributed by atoms with Gasteiger partial charge in [-0.15, -0.1) is 0 Å². The molecular formula is C23H26N6O. The summed E-state index contributed by atoms with van der Waals surface area (Å²) < 4.78 is 0. The molecule has 30 heavy (non-hydrogen) atoms. The van der Waals surface area contributed by atoms with Crippen LogP contribution in [-0.2, 0) is 0 Å². The Balaban J connectivity index is 1.50. The monoisotopic (exact) mass is 402 g/mol. The maximum Gasteiger partial charge on any atom is 0.259 e. The first-order chi connectivity index (χ1) is 14.7. The van der Waals surface area contributed by atoms with Gasteiger partial charge in [0.1, 0.15) is 5.82 Å². The molecule has 5 rings (SSSR count). The quantitative estimate of drug-likeness (QED) is 0.538. The van der Waals surface area contributed by atoms with Crippen LogP contribution in [-0.4, -0.2) is 35.3 Å². The van der Waals surface area contributed by atoms with Crippen LogP contribution in [0.4, 0.5) is 11.5 Å². The van der Waals surface area contributed by atoms with Crippen molar-refractivity contribution in [3.8, 4) is 0 Å². The van der Waals surface area contributed by atoms with Crippen molar-refractivity contribution in [3.63, 3.8) is 0 Å². The summed E-state index contributed by atoms with van der Waals surface area (Å²) in [5.74, 6) is 1.30. The number of pyridine rings is 2. The molecule has 0 aliphatic carbocycles. The summed E-state index contributed by atoms with van der Waals surface area (Å²) in [5.41, 5.74) is 7.11. The predicted molar refractivity (Wildman–Crippen MR) is 121 cm³/mol. The number of fused-ring (bicyclic) bond motifs is 1. The Morgan fingerprint density at radius 3 is 2.63 bits per heavy atom. The van der Waals surface area contributed by atoms with E-state index in [2.05, 4.69) is 50.4 Å². The lowest BCUT2D eigenvalue weighted by Gasteiger charge is -2.23. The molecule has 1 unspecified atom stereocenters. The van der Waals surface area contributed by atoms with Gasteiger partial charge < -0.3 is 21.0 Å². The number of H-pyrrole nitrogens is 1. The van der Waals surface area contributed by atoms with Gasteiger partial charge in [-0.3, -0.25) is 4.79 Å². The average Bonchev–Trinajstić information content (AvgIpc) is 3.21. The van der Waals surface area contributed by atoms with E-state index in [-0.39, 0.29) is 11.5 Å². The van der Waals surface area contributed by atoms with E-state index in [1.165, 1.54) is 18.4 Å². The highest BCUT2D eigenvalue weighted by Crippen LogP contribution is 2.30. The molecule has 1 atom stereocenters. The lowest BCUT2D eigenvalue weighted by molar-refractivity contribution is 0.460. The number of nitrogens with zero attached hydrogens (tertiary/aromatic N) is 2. The number of benzene rings is 1. The highest BCUT2D eigenvalue weighted by Gasteiger charge is 2.23. The molecule has 4 heterocycles. The Bertz CT molecular complexity index is 1140. The highest BCUT2D eigenvalue weighted by molar-refractivity contribution is 5.95. The summed E-state index contributed by atoms with van der Waals surface area (Å²) in [4.78, 5) is 20.2. The van der Waals surface area contributed by atoms with Crippen LogP contribution in [0, 0.1) is 0 Å². The second-order valence-electron chi connectivity index (χ2n) is 8.11. The maximum atomic E-state index is 12.6. The number of aromatic nitrogens is 2. The van der Waals surface area contributed by atoms with E-state index in [4.69, 9.17) is 4.98 Å². The van der Waals surface area contributed by atoms with Crippen molar-refractivity contribution in [1.29, 1.82) is 0 Å². The van der Waals surface area contributed by atoms with Crippen LogP contribution in [0.1, 0.15) is 42.9 Å². The van der Waals surface area contributed by atoms with Gasteiger partial charge in [-0.2, -0.15) is 5.10 Å². The van der Waals surface area contributed by atoms with Crippen LogP contribution in [0.15, 0.2) is 52.5 Å². The molecular weight excluding hydrogens is 376 g/mol. The van der Waals surface area contributed by atoms with Crippen LogP contribution in [0.5, 0.6) is 0 Å². The number of piperidine rings is 1. The largest absolute Gasteiger partial charge is 0.340 e. The molecule has 0 radical (unpaired) electrons. The fourth-order valence-electron chi connectivity index (χ4n) is 4.44. The molecule has 0 bridgehead atoms. The number of hydrogen-bond donors (Lipinski definition) is 4. The van der Waals surface area contributed by atoms with Crippen LogP contribution in [0.25, 0.3) is 10.8 Å². The minimum absolute atomic E-state index is 0.108. The van der Waals surface area contributed by atoms with E-state index in [1.54, 1.807) is 6.20 Å². The normalized spacial score (nSPS) is 19.5. The van der Waals surface area contributed by atoms with E-state index in [9.17, 15) is 4.79 Å². The zero-order valence-corrected chi connectivity index (χ0v) is 17.0. The van der Waals surface area contributed by atoms with Gasteiger partial charge in [-0.05, 0) is 74.0 Å². The van der Waals surface area contributed by atoms with Crippen molar-refractivity contribution in [3.05, 3.63) is 64.2 Å². The minimum atomic E-state index is -0.143. The van der Waals surface area contributed by atoms with Crippen molar-refractivity contribution < 1.29 is 0 Å². The van der Waals surface area contributed by atoms with Gasteiger partial charge in [0, 0.05) is 24.1 Å². The first kappa shape index (κ1) is 18.8. The lowest BCUT2D eigenvalue weighted by Crippen LogP contribution is -2.26. The molecule has 0 amide bonds. The Morgan fingerprint density at radius 2 is 1.90 bits per heavy atom. The van der Waals surface area contributed by atoms with Crippen molar-refractivity contribution >= 4 is 28.0 Å². The average molecular weight is 403 g/mol. The van der Waals surface area contributed by atoms with Gasteiger partial charge in [0.15, 0.2) is 0 Å². The molecule has 0 spiro atoms. The van der Waals surface area contributed by atoms with Crippen LogP contribution >= 0.6 is 0 Å². The van der Waals surface area contributed by atoms with E-state index in [0.717, 1.165) is 42.1 Å². The number of rotatable bonds is 4. The van der Waals surface area contributed by atoms with Gasteiger partial charge in [0.2, 0.25) is 0 Å². The summed E-state index contributed by atoms with van der Waals surface area (Å²) in [6.07, 6.45) is 4.03. The molecule has 154 valence electrons. The molecule has 1 saturated heterocycles. The van der Waals surface area contributed by atoms with Crippen molar-refractivity contribution in [1.82, 2.24) is 20.7 Å². The molecule has 0 saturated carbocycles. The topological polar surface area (TPSA) is 94.2 Å². The summed E-state index contributed by atoms with van der Waals surface area (Å²) >= 11 is 0. The summed E-state index contributed by atoms with van der Waals surface area (Å²) in [6, 6.07) is 12.4. The van der Waals surface area contributed by atoms with E-state index in [0.29, 0.717) is 17.1 Å². The van der Waals surface area contributed by atoms with Crippen LogP contribution in [0.3, 0.4) is 0 Å². The van der Waals surface area contributed by atoms with Crippen LogP contribution in [0.2, 0.25) is 0 Å². The number of nitrogens with one attached hydrogen (secondary N) is 4. The highest BCUT2D eigenvalue weighted by atomic mass is 16.1. The number of hydrazone groups is 1. The van der Waals surface area contributed by atoms with E-state index < -0.39 is 0 Å².